The van der Waals surface area contributed by atoms with Crippen molar-refractivity contribution in [2.24, 2.45) is 0 Å². The maximum Gasteiger partial charge on any atom is 0.408 e. The summed E-state index contributed by atoms with van der Waals surface area (Å²) in [4.78, 5) is 40.7. The fourth-order valence-corrected chi connectivity index (χ4v) is 3.72. The zero-order valence-corrected chi connectivity index (χ0v) is 21.4. The summed E-state index contributed by atoms with van der Waals surface area (Å²) in [6, 6.07) is 11.8. The molecule has 186 valence electrons. The Morgan fingerprint density at radius 3 is 2.26 bits per heavy atom. The van der Waals surface area contributed by atoms with Gasteiger partial charge in [0.2, 0.25) is 5.91 Å². The van der Waals surface area contributed by atoms with E-state index in [0.29, 0.717) is 29.8 Å². The number of amides is 3. The number of hydrogen-bond donors (Lipinski definition) is 2. The molecule has 0 saturated carbocycles. The van der Waals surface area contributed by atoms with Crippen LogP contribution in [0.2, 0.25) is 0 Å². The van der Waals surface area contributed by atoms with Crippen molar-refractivity contribution < 1.29 is 19.1 Å². The third-order valence-electron chi connectivity index (χ3n) is 5.27. The zero-order chi connectivity index (χ0) is 26.2. The van der Waals surface area contributed by atoms with Gasteiger partial charge in [0.1, 0.15) is 18.2 Å². The average molecular weight is 478 g/mol. The molecule has 0 spiro atoms. The third-order valence-corrected chi connectivity index (χ3v) is 5.27. The van der Waals surface area contributed by atoms with Crippen LogP contribution in [-0.2, 0) is 14.3 Å². The van der Waals surface area contributed by atoms with E-state index in [1.54, 1.807) is 45.0 Å². The minimum absolute atomic E-state index is 0.290. The Morgan fingerprint density at radius 2 is 1.69 bits per heavy atom. The lowest BCUT2D eigenvalue weighted by Crippen LogP contribution is -2.47. The molecule has 2 aromatic rings. The van der Waals surface area contributed by atoms with Crippen molar-refractivity contribution in [1.29, 1.82) is 0 Å². The number of alkyl carbamates (subject to hydrolysis) is 1. The summed E-state index contributed by atoms with van der Waals surface area (Å²) in [6.07, 6.45) is 5.63. The molecule has 3 amide bonds. The Morgan fingerprint density at radius 1 is 1.06 bits per heavy atom. The predicted molar refractivity (Wildman–Crippen MR) is 138 cm³/mol. The predicted octanol–water partition coefficient (Wildman–Crippen LogP) is 4.73. The minimum Gasteiger partial charge on any atom is -0.444 e. The van der Waals surface area contributed by atoms with Gasteiger partial charge in [-0.15, -0.1) is 6.42 Å². The number of anilines is 1. The summed E-state index contributed by atoms with van der Waals surface area (Å²) in [7, 11) is 0. The Kier molecular flexibility index (Phi) is 9.47. The number of nitrogens with one attached hydrogen (secondary N) is 2. The first kappa shape index (κ1) is 27.5. The van der Waals surface area contributed by atoms with E-state index in [4.69, 9.17) is 11.2 Å². The molecule has 35 heavy (non-hydrogen) atoms. The van der Waals surface area contributed by atoms with E-state index in [0.717, 1.165) is 11.1 Å². The van der Waals surface area contributed by atoms with Crippen LogP contribution >= 0.6 is 0 Å². The highest BCUT2D eigenvalue weighted by molar-refractivity contribution is 5.99. The highest BCUT2D eigenvalue weighted by Gasteiger charge is 2.33. The summed E-state index contributed by atoms with van der Waals surface area (Å²) >= 11 is 0. The van der Waals surface area contributed by atoms with E-state index in [2.05, 4.69) is 16.6 Å². The monoisotopic (exact) mass is 477 g/mol. The molecule has 2 N–H and O–H groups in total. The van der Waals surface area contributed by atoms with Crippen LogP contribution in [0.5, 0.6) is 0 Å². The van der Waals surface area contributed by atoms with Gasteiger partial charge < -0.3 is 20.3 Å². The molecule has 0 aliphatic heterocycles. The topological polar surface area (TPSA) is 87.7 Å². The van der Waals surface area contributed by atoms with Crippen molar-refractivity contribution in [3.05, 3.63) is 64.7 Å². The van der Waals surface area contributed by atoms with Crippen LogP contribution < -0.4 is 10.6 Å². The minimum atomic E-state index is -0.992. The third kappa shape index (κ3) is 7.61. The van der Waals surface area contributed by atoms with Crippen LogP contribution in [0.3, 0.4) is 0 Å². The molecule has 0 saturated heterocycles. The second-order valence-electron chi connectivity index (χ2n) is 9.33. The van der Waals surface area contributed by atoms with Gasteiger partial charge in [-0.3, -0.25) is 9.59 Å². The van der Waals surface area contributed by atoms with Crippen molar-refractivity contribution >= 4 is 23.6 Å². The van der Waals surface area contributed by atoms with Gasteiger partial charge in [-0.1, -0.05) is 49.2 Å². The quantitative estimate of drug-likeness (QED) is 0.538. The maximum atomic E-state index is 13.7. The normalized spacial score (nSPS) is 11.7. The molecule has 2 rings (SSSR count). The number of rotatable bonds is 8. The van der Waals surface area contributed by atoms with E-state index >= 15 is 0 Å². The van der Waals surface area contributed by atoms with Crippen LogP contribution in [0.15, 0.2) is 42.5 Å². The highest BCUT2D eigenvalue weighted by Crippen LogP contribution is 2.28. The smallest absolute Gasteiger partial charge is 0.408 e. The van der Waals surface area contributed by atoms with Gasteiger partial charge in [0.15, 0.2) is 0 Å². The first-order chi connectivity index (χ1) is 16.5. The summed E-state index contributed by atoms with van der Waals surface area (Å²) in [5.74, 6) is 1.81. The fourth-order valence-electron chi connectivity index (χ4n) is 3.72. The van der Waals surface area contributed by atoms with E-state index in [9.17, 15) is 14.4 Å². The molecular formula is C28H35N3O4. The van der Waals surface area contributed by atoms with Crippen molar-refractivity contribution in [3.63, 3.8) is 0 Å². The average Bonchev–Trinajstić information content (AvgIpc) is 2.79. The SMILES string of the molecule is C#Cc1ccccc1C(C(=O)Nc1c(C)cccc1C)N(CCC)C(=O)CNC(=O)OC(C)(C)C. The molecule has 0 aliphatic rings. The standard InChI is InChI=1S/C28H35N3O4/c1-8-17-31(23(32)18-29-27(34)35-28(5,6)7)25(22-16-11-10-15-21(22)9-2)26(33)30-24-19(3)13-12-14-20(24)4/h2,10-16,25H,8,17-18H2,1,3-7H3,(H,29,34)(H,30,33). The van der Waals surface area contributed by atoms with Gasteiger partial charge in [0, 0.05) is 17.8 Å². The number of benzene rings is 2. The summed E-state index contributed by atoms with van der Waals surface area (Å²) in [5, 5.41) is 5.50. The molecule has 1 unspecified atom stereocenters. The van der Waals surface area contributed by atoms with E-state index in [1.807, 2.05) is 39.0 Å². The first-order valence-electron chi connectivity index (χ1n) is 11.7. The number of terminal acetylenes is 1. The lowest BCUT2D eigenvalue weighted by Gasteiger charge is -2.32. The molecule has 0 bridgehead atoms. The molecule has 0 aromatic heterocycles. The number of carbonyl (C=O) groups excluding carboxylic acids is 3. The maximum absolute atomic E-state index is 13.7. The van der Waals surface area contributed by atoms with Crippen molar-refractivity contribution in [3.8, 4) is 12.3 Å². The molecule has 1 atom stereocenters. The lowest BCUT2D eigenvalue weighted by atomic mass is 9.97. The Labute approximate surface area is 208 Å². The molecule has 0 aliphatic carbocycles. The molecule has 0 fully saturated rings. The van der Waals surface area contributed by atoms with Gasteiger partial charge in [0.25, 0.3) is 5.91 Å². The van der Waals surface area contributed by atoms with E-state index < -0.39 is 23.6 Å². The summed E-state index contributed by atoms with van der Waals surface area (Å²) in [6.45, 7) is 10.9. The van der Waals surface area contributed by atoms with Gasteiger partial charge in [-0.05, 0) is 63.8 Å². The summed E-state index contributed by atoms with van der Waals surface area (Å²) < 4.78 is 5.24. The van der Waals surface area contributed by atoms with Gasteiger partial charge >= 0.3 is 6.09 Å². The summed E-state index contributed by atoms with van der Waals surface area (Å²) in [5.41, 5.74) is 2.86. The molecule has 7 heteroatoms. The number of aryl methyl sites for hydroxylation is 2. The molecule has 7 nitrogen and oxygen atoms in total. The number of nitrogens with zero attached hydrogens (tertiary/aromatic N) is 1. The number of ether oxygens (including phenoxy) is 1. The largest absolute Gasteiger partial charge is 0.444 e. The van der Waals surface area contributed by atoms with Gasteiger partial charge in [-0.2, -0.15) is 0 Å². The Balaban J connectivity index is 2.44. The van der Waals surface area contributed by atoms with Crippen LogP contribution in [-0.4, -0.2) is 41.5 Å². The van der Waals surface area contributed by atoms with E-state index in [1.165, 1.54) is 4.90 Å². The molecule has 0 heterocycles. The molecule has 0 radical (unpaired) electrons. The number of carbonyl (C=O) groups is 3. The zero-order valence-electron chi connectivity index (χ0n) is 21.4. The Bertz CT molecular complexity index is 1090. The van der Waals surface area contributed by atoms with Crippen molar-refractivity contribution in [2.75, 3.05) is 18.4 Å². The number of hydrogen-bond acceptors (Lipinski definition) is 4. The van der Waals surface area contributed by atoms with Crippen molar-refractivity contribution in [2.45, 2.75) is 59.6 Å². The van der Waals surface area contributed by atoms with Gasteiger partial charge in [-0.25, -0.2) is 4.79 Å². The molecule has 2 aromatic carbocycles. The van der Waals surface area contributed by atoms with Crippen LogP contribution in [0, 0.1) is 26.2 Å². The van der Waals surface area contributed by atoms with Gasteiger partial charge in [0.05, 0.1) is 0 Å². The van der Waals surface area contributed by atoms with Crippen LogP contribution in [0.1, 0.15) is 62.4 Å². The van der Waals surface area contributed by atoms with Crippen LogP contribution in [0.4, 0.5) is 10.5 Å². The van der Waals surface area contributed by atoms with Crippen molar-refractivity contribution in [1.82, 2.24) is 10.2 Å². The van der Waals surface area contributed by atoms with Crippen LogP contribution in [0.25, 0.3) is 0 Å². The fraction of sp³-hybridized carbons (Fsp3) is 0.393. The highest BCUT2D eigenvalue weighted by atomic mass is 16.6. The number of para-hydroxylation sites is 1. The molecular weight excluding hydrogens is 442 g/mol. The lowest BCUT2D eigenvalue weighted by molar-refractivity contribution is -0.138. The van der Waals surface area contributed by atoms with E-state index in [-0.39, 0.29) is 12.5 Å². The second-order valence-corrected chi connectivity index (χ2v) is 9.33. The Hall–Kier alpha value is -3.79. The second kappa shape index (κ2) is 12.1. The first-order valence-corrected chi connectivity index (χ1v) is 11.7.